The Kier molecular flexibility index (Phi) is 5.18. The van der Waals surface area contributed by atoms with Gasteiger partial charge in [0.05, 0.1) is 12.2 Å². The summed E-state index contributed by atoms with van der Waals surface area (Å²) in [6.07, 6.45) is 14.2. The van der Waals surface area contributed by atoms with Gasteiger partial charge in [-0.05, 0) is 91.8 Å². The lowest BCUT2D eigenvalue weighted by Gasteiger charge is -2.60. The highest BCUT2D eigenvalue weighted by Crippen LogP contribution is 2.70. The molecule has 2 unspecified atom stereocenters. The van der Waals surface area contributed by atoms with Crippen molar-refractivity contribution in [2.24, 2.45) is 52.3 Å². The van der Waals surface area contributed by atoms with Crippen LogP contribution < -0.4 is 0 Å². The lowest BCUT2D eigenvalue weighted by atomic mass is 9.44. The molecule has 4 saturated carbocycles. The highest BCUT2D eigenvalue weighted by atomic mass is 16.6. The molecule has 4 aliphatic carbocycles. The number of aliphatic hydroxyl groups is 1. The number of rotatable bonds is 5. The van der Waals surface area contributed by atoms with Gasteiger partial charge in [0.25, 0.3) is 0 Å². The fraction of sp³-hybridized carbons (Fsp3) is 1.00. The number of epoxide rings is 1. The van der Waals surface area contributed by atoms with Crippen LogP contribution in [0.3, 0.4) is 0 Å². The first-order chi connectivity index (χ1) is 13.8. The second-order valence-electron chi connectivity index (χ2n) is 12.9. The fourth-order valence-electron chi connectivity index (χ4n) is 9.65. The van der Waals surface area contributed by atoms with E-state index in [4.69, 9.17) is 4.74 Å². The van der Waals surface area contributed by atoms with Crippen molar-refractivity contribution in [3.05, 3.63) is 0 Å². The van der Waals surface area contributed by atoms with Crippen LogP contribution in [0, 0.1) is 52.3 Å². The zero-order valence-corrected chi connectivity index (χ0v) is 19.7. The normalized spacial score (nSPS) is 54.3. The first-order valence-corrected chi connectivity index (χ1v) is 13.1. The van der Waals surface area contributed by atoms with Gasteiger partial charge < -0.3 is 9.84 Å². The van der Waals surface area contributed by atoms with Gasteiger partial charge in [-0.2, -0.15) is 0 Å². The Balaban J connectivity index is 1.31. The molecule has 5 rings (SSSR count). The molecule has 0 bridgehead atoms. The van der Waals surface area contributed by atoms with Crippen LogP contribution in [0.2, 0.25) is 0 Å². The van der Waals surface area contributed by atoms with E-state index in [-0.39, 0.29) is 12.2 Å². The number of hydrogen-bond donors (Lipinski definition) is 1. The van der Waals surface area contributed by atoms with Gasteiger partial charge in [0.15, 0.2) is 0 Å². The van der Waals surface area contributed by atoms with Gasteiger partial charge in [0, 0.05) is 5.41 Å². The van der Waals surface area contributed by atoms with Crippen molar-refractivity contribution >= 4 is 0 Å². The molecule has 5 aliphatic rings. The van der Waals surface area contributed by atoms with Crippen LogP contribution >= 0.6 is 0 Å². The zero-order valence-electron chi connectivity index (χ0n) is 19.7. The van der Waals surface area contributed by atoms with Crippen LogP contribution in [-0.2, 0) is 4.74 Å². The molecular weight excluding hydrogens is 356 g/mol. The topological polar surface area (TPSA) is 32.8 Å². The van der Waals surface area contributed by atoms with E-state index in [9.17, 15) is 5.11 Å². The minimum atomic E-state index is -0.189. The standard InChI is InChI=1S/C27H46O2/c1-16(2)7-6-8-17(3)20-11-12-21-19-10-9-18-15-23(28)24-25(29-24)27(18,5)22(19)13-14-26(20,21)4/h16-25,28H,6-15H2,1-5H3/t17-,18?,19+,20-,21+,22+,23-,24-,25?,26-,27+/m1/s1. The second kappa shape index (κ2) is 7.22. The SMILES string of the molecule is CC(C)CCC[C@@H](C)[C@H]1CC[C@H]2[C@@H]3CCC4C[C@@H](O)[C@H]5OC5[C@]4(C)[C@H]3CC[C@]12C. The Hall–Kier alpha value is -0.0800. The van der Waals surface area contributed by atoms with E-state index in [1.165, 1.54) is 57.8 Å². The highest BCUT2D eigenvalue weighted by molar-refractivity contribution is 5.17. The van der Waals surface area contributed by atoms with Crippen molar-refractivity contribution < 1.29 is 9.84 Å². The molecule has 0 aromatic heterocycles. The molecule has 0 aromatic rings. The molecule has 2 heteroatoms. The maximum Gasteiger partial charge on any atom is 0.111 e. The molecule has 1 saturated heterocycles. The van der Waals surface area contributed by atoms with E-state index < -0.39 is 0 Å². The van der Waals surface area contributed by atoms with E-state index in [0.717, 1.165) is 41.9 Å². The summed E-state index contributed by atoms with van der Waals surface area (Å²) in [6, 6.07) is 0. The van der Waals surface area contributed by atoms with Gasteiger partial charge >= 0.3 is 0 Å². The first-order valence-electron chi connectivity index (χ1n) is 13.1. The lowest BCUT2D eigenvalue weighted by molar-refractivity contribution is -0.122. The maximum atomic E-state index is 10.4. The minimum Gasteiger partial charge on any atom is -0.390 e. The average Bonchev–Trinajstić information content (AvgIpc) is 3.40. The van der Waals surface area contributed by atoms with Crippen molar-refractivity contribution in [1.29, 1.82) is 0 Å². The van der Waals surface area contributed by atoms with E-state index >= 15 is 0 Å². The van der Waals surface area contributed by atoms with Crippen molar-refractivity contribution in [1.82, 2.24) is 0 Å². The van der Waals surface area contributed by atoms with Crippen molar-refractivity contribution in [3.8, 4) is 0 Å². The smallest absolute Gasteiger partial charge is 0.111 e. The van der Waals surface area contributed by atoms with E-state index in [2.05, 4.69) is 34.6 Å². The summed E-state index contributed by atoms with van der Waals surface area (Å²) < 4.78 is 6.12. The molecule has 166 valence electrons. The van der Waals surface area contributed by atoms with Crippen LogP contribution in [-0.4, -0.2) is 23.4 Å². The van der Waals surface area contributed by atoms with Gasteiger partial charge in [-0.25, -0.2) is 0 Å². The molecule has 2 nitrogen and oxygen atoms in total. The van der Waals surface area contributed by atoms with Crippen LogP contribution in [0.25, 0.3) is 0 Å². The van der Waals surface area contributed by atoms with Crippen molar-refractivity contribution in [3.63, 3.8) is 0 Å². The van der Waals surface area contributed by atoms with E-state index in [1.54, 1.807) is 0 Å². The number of hydrogen-bond acceptors (Lipinski definition) is 2. The highest BCUT2D eigenvalue weighted by Gasteiger charge is 2.69. The molecule has 1 heterocycles. The van der Waals surface area contributed by atoms with E-state index in [1.807, 2.05) is 0 Å². The quantitative estimate of drug-likeness (QED) is 0.536. The largest absolute Gasteiger partial charge is 0.390 e. The van der Waals surface area contributed by atoms with Crippen LogP contribution in [0.1, 0.15) is 98.8 Å². The summed E-state index contributed by atoms with van der Waals surface area (Å²) in [4.78, 5) is 0. The average molecular weight is 403 g/mol. The fourth-order valence-corrected chi connectivity index (χ4v) is 9.65. The summed E-state index contributed by atoms with van der Waals surface area (Å²) in [6.45, 7) is 12.6. The van der Waals surface area contributed by atoms with Crippen LogP contribution in [0.5, 0.6) is 0 Å². The Morgan fingerprint density at radius 2 is 1.76 bits per heavy atom. The second-order valence-corrected chi connectivity index (χ2v) is 12.9. The minimum absolute atomic E-state index is 0.167. The van der Waals surface area contributed by atoms with Gasteiger partial charge in [-0.3, -0.25) is 0 Å². The van der Waals surface area contributed by atoms with Crippen molar-refractivity contribution in [2.45, 2.75) is 117 Å². The Labute approximate surface area is 179 Å². The molecular formula is C27H46O2. The van der Waals surface area contributed by atoms with Gasteiger partial charge in [0.2, 0.25) is 0 Å². The molecule has 0 aromatic carbocycles. The third-order valence-electron chi connectivity index (χ3n) is 11.2. The monoisotopic (exact) mass is 402 g/mol. The molecule has 29 heavy (non-hydrogen) atoms. The Morgan fingerprint density at radius 1 is 0.966 bits per heavy atom. The molecule has 11 atom stereocenters. The summed E-state index contributed by atoms with van der Waals surface area (Å²) in [5, 5.41) is 10.4. The van der Waals surface area contributed by atoms with Crippen LogP contribution in [0.4, 0.5) is 0 Å². The van der Waals surface area contributed by atoms with Gasteiger partial charge in [0.1, 0.15) is 6.10 Å². The number of ether oxygens (including phenoxy) is 1. The zero-order chi connectivity index (χ0) is 20.6. The number of fused-ring (bicyclic) bond motifs is 7. The molecule has 0 spiro atoms. The van der Waals surface area contributed by atoms with Gasteiger partial charge in [-0.1, -0.05) is 53.9 Å². The molecule has 0 amide bonds. The van der Waals surface area contributed by atoms with E-state index in [0.29, 0.717) is 22.9 Å². The predicted octanol–water partition coefficient (Wildman–Crippen LogP) is 6.46. The van der Waals surface area contributed by atoms with Crippen LogP contribution in [0.15, 0.2) is 0 Å². The maximum absolute atomic E-state index is 10.4. The summed E-state index contributed by atoms with van der Waals surface area (Å²) in [7, 11) is 0. The van der Waals surface area contributed by atoms with Crippen molar-refractivity contribution in [2.75, 3.05) is 0 Å². The summed E-state index contributed by atoms with van der Waals surface area (Å²) in [5.41, 5.74) is 0.925. The molecule has 0 radical (unpaired) electrons. The lowest BCUT2D eigenvalue weighted by Crippen LogP contribution is -2.57. The predicted molar refractivity (Wildman–Crippen MR) is 119 cm³/mol. The third-order valence-corrected chi connectivity index (χ3v) is 11.2. The number of aliphatic hydroxyl groups excluding tert-OH is 1. The first kappa shape index (κ1) is 20.8. The molecule has 5 fully saturated rings. The summed E-state index contributed by atoms with van der Waals surface area (Å²) in [5.74, 6) is 6.10. The summed E-state index contributed by atoms with van der Waals surface area (Å²) >= 11 is 0. The molecule has 1 N–H and O–H groups in total. The van der Waals surface area contributed by atoms with Gasteiger partial charge in [-0.15, -0.1) is 0 Å². The molecule has 1 aliphatic heterocycles. The third kappa shape index (κ3) is 3.09. The Morgan fingerprint density at radius 3 is 2.52 bits per heavy atom. The Bertz CT molecular complexity index is 616.